The highest BCUT2D eigenvalue weighted by Gasteiger charge is 2.28. The molecule has 1 atom stereocenters. The van der Waals surface area contributed by atoms with E-state index >= 15 is 0 Å². The maximum atomic E-state index is 12.6. The summed E-state index contributed by atoms with van der Waals surface area (Å²) in [6.45, 7) is 1.63. The van der Waals surface area contributed by atoms with Crippen molar-refractivity contribution in [3.8, 4) is 0 Å². The number of nitrogens with zero attached hydrogens (tertiary/aromatic N) is 1. The molecule has 21 heavy (non-hydrogen) atoms. The largest absolute Gasteiger partial charge is 0.391 e. The normalized spacial score (nSPS) is 13.6. The van der Waals surface area contributed by atoms with Crippen molar-refractivity contribution < 1.29 is 13.5 Å². The quantitative estimate of drug-likeness (QED) is 0.904. The summed E-state index contributed by atoms with van der Waals surface area (Å²) >= 11 is 7.21. The van der Waals surface area contributed by atoms with E-state index in [0.717, 1.165) is 16.9 Å². The minimum Gasteiger partial charge on any atom is -0.391 e. The van der Waals surface area contributed by atoms with Gasteiger partial charge in [0.1, 0.15) is 4.21 Å². The minimum absolute atomic E-state index is 0.163. The lowest BCUT2D eigenvalue weighted by Crippen LogP contribution is -2.29. The Morgan fingerprint density at radius 1 is 1.29 bits per heavy atom. The second kappa shape index (κ2) is 6.46. The van der Waals surface area contributed by atoms with Crippen molar-refractivity contribution >= 4 is 33.0 Å². The molecule has 0 aliphatic carbocycles. The first-order chi connectivity index (χ1) is 9.87. The van der Waals surface area contributed by atoms with Gasteiger partial charge in [-0.1, -0.05) is 29.8 Å². The van der Waals surface area contributed by atoms with Gasteiger partial charge in [0.25, 0.3) is 10.0 Å². The van der Waals surface area contributed by atoms with Crippen LogP contribution in [0, 0.1) is 0 Å². The van der Waals surface area contributed by atoms with E-state index in [-0.39, 0.29) is 16.9 Å². The Hall–Kier alpha value is -0.920. The number of rotatable bonds is 5. The lowest BCUT2D eigenvalue weighted by Gasteiger charge is -2.24. The fraction of sp³-hybridized carbons (Fsp3) is 0.286. The molecule has 0 bridgehead atoms. The van der Waals surface area contributed by atoms with Crippen LogP contribution in [-0.2, 0) is 16.6 Å². The van der Waals surface area contributed by atoms with Gasteiger partial charge in [-0.15, -0.1) is 11.3 Å². The summed E-state index contributed by atoms with van der Waals surface area (Å²) in [5.41, 5.74) is 0.754. The molecule has 0 aliphatic heterocycles. The average Bonchev–Trinajstić information content (AvgIpc) is 2.96. The van der Waals surface area contributed by atoms with Crippen molar-refractivity contribution in [3.05, 3.63) is 51.9 Å². The van der Waals surface area contributed by atoms with Gasteiger partial charge in [0, 0.05) is 23.0 Å². The van der Waals surface area contributed by atoms with E-state index in [9.17, 15) is 8.42 Å². The highest BCUT2D eigenvalue weighted by molar-refractivity contribution is 7.91. The first kappa shape index (κ1) is 16.5. The van der Waals surface area contributed by atoms with Gasteiger partial charge in [0.15, 0.2) is 0 Å². The predicted molar refractivity (Wildman–Crippen MR) is 85.1 cm³/mol. The molecule has 1 N–H and O–H groups in total. The molecule has 1 heterocycles. The molecular formula is C14H16ClNO3S2. The van der Waals surface area contributed by atoms with E-state index in [2.05, 4.69) is 0 Å². The molecule has 7 heteroatoms. The summed E-state index contributed by atoms with van der Waals surface area (Å²) in [4.78, 5) is 0.618. The van der Waals surface area contributed by atoms with Crippen molar-refractivity contribution in [1.29, 1.82) is 0 Å². The number of halogens is 1. The van der Waals surface area contributed by atoms with Crippen LogP contribution in [0.4, 0.5) is 0 Å². The van der Waals surface area contributed by atoms with Gasteiger partial charge in [-0.3, -0.25) is 0 Å². The van der Waals surface area contributed by atoms with E-state index in [1.165, 1.54) is 17.4 Å². The van der Waals surface area contributed by atoms with Crippen LogP contribution in [0.15, 0.2) is 40.6 Å². The molecule has 0 saturated carbocycles. The van der Waals surface area contributed by atoms with Crippen molar-refractivity contribution in [1.82, 2.24) is 4.31 Å². The summed E-state index contributed by atoms with van der Waals surface area (Å²) in [5.74, 6) is 0. The van der Waals surface area contributed by atoms with E-state index < -0.39 is 10.0 Å². The minimum atomic E-state index is -3.61. The number of aliphatic hydroxyl groups excluding tert-OH is 1. The maximum absolute atomic E-state index is 12.6. The van der Waals surface area contributed by atoms with E-state index in [1.807, 2.05) is 12.1 Å². The Morgan fingerprint density at radius 3 is 2.52 bits per heavy atom. The van der Waals surface area contributed by atoms with Crippen LogP contribution in [0.5, 0.6) is 0 Å². The molecule has 2 aromatic rings. The van der Waals surface area contributed by atoms with Gasteiger partial charge in [-0.05, 0) is 30.7 Å². The number of aliphatic hydroxyl groups is 1. The first-order valence-electron chi connectivity index (χ1n) is 6.30. The number of hydrogen-bond acceptors (Lipinski definition) is 4. The summed E-state index contributed by atoms with van der Waals surface area (Å²) < 4.78 is 26.7. The molecule has 0 saturated heterocycles. The van der Waals surface area contributed by atoms with E-state index in [4.69, 9.17) is 16.7 Å². The molecule has 0 amide bonds. The molecule has 0 aliphatic rings. The topological polar surface area (TPSA) is 57.6 Å². The zero-order valence-corrected chi connectivity index (χ0v) is 14.0. The number of hydrogen-bond donors (Lipinski definition) is 1. The zero-order valence-electron chi connectivity index (χ0n) is 11.7. The van der Waals surface area contributed by atoms with Gasteiger partial charge in [0.05, 0.1) is 6.61 Å². The van der Waals surface area contributed by atoms with Crippen LogP contribution in [0.3, 0.4) is 0 Å². The molecule has 1 aromatic carbocycles. The summed E-state index contributed by atoms with van der Waals surface area (Å²) in [6.07, 6.45) is 0. The summed E-state index contributed by atoms with van der Waals surface area (Å²) in [5, 5.41) is 9.60. The van der Waals surface area contributed by atoms with Crippen molar-refractivity contribution in [3.63, 3.8) is 0 Å². The summed E-state index contributed by atoms with van der Waals surface area (Å²) in [7, 11) is -2.08. The highest BCUT2D eigenvalue weighted by atomic mass is 35.5. The van der Waals surface area contributed by atoms with Crippen molar-refractivity contribution in [2.24, 2.45) is 0 Å². The van der Waals surface area contributed by atoms with Gasteiger partial charge in [0.2, 0.25) is 0 Å². The third-order valence-electron chi connectivity index (χ3n) is 3.33. The number of benzene rings is 1. The Labute approximate surface area is 133 Å². The van der Waals surface area contributed by atoms with E-state index in [0.29, 0.717) is 9.90 Å². The van der Waals surface area contributed by atoms with Crippen molar-refractivity contribution in [2.45, 2.75) is 23.8 Å². The predicted octanol–water partition coefficient (Wildman–Crippen LogP) is 3.28. The van der Waals surface area contributed by atoms with Crippen LogP contribution in [0.2, 0.25) is 5.02 Å². The SMILES string of the molecule is CC(c1ccccc1Cl)N(C)S(=O)(=O)c1ccc(CO)s1. The first-order valence-corrected chi connectivity index (χ1v) is 8.93. The molecule has 0 radical (unpaired) electrons. The monoisotopic (exact) mass is 345 g/mol. The third-order valence-corrected chi connectivity index (χ3v) is 7.14. The van der Waals surface area contributed by atoms with E-state index in [1.54, 1.807) is 25.1 Å². The Balaban J connectivity index is 2.34. The average molecular weight is 346 g/mol. The van der Waals surface area contributed by atoms with Crippen LogP contribution in [0.25, 0.3) is 0 Å². The molecule has 0 fully saturated rings. The second-order valence-electron chi connectivity index (χ2n) is 4.60. The van der Waals surface area contributed by atoms with Crippen LogP contribution in [0.1, 0.15) is 23.4 Å². The zero-order chi connectivity index (χ0) is 15.6. The molecule has 114 valence electrons. The molecule has 1 aromatic heterocycles. The van der Waals surface area contributed by atoms with Crippen molar-refractivity contribution in [2.75, 3.05) is 7.05 Å². The third kappa shape index (κ3) is 3.30. The standard InChI is InChI=1S/C14H16ClNO3S2/c1-10(12-5-3-4-6-13(12)15)16(2)21(18,19)14-8-7-11(9-17)20-14/h3-8,10,17H,9H2,1-2H3. The smallest absolute Gasteiger partial charge is 0.252 e. The Kier molecular flexibility index (Phi) is 5.06. The fourth-order valence-corrected chi connectivity index (χ4v) is 4.98. The Bertz CT molecular complexity index is 727. The van der Waals surface area contributed by atoms with Crippen LogP contribution >= 0.6 is 22.9 Å². The molecule has 4 nitrogen and oxygen atoms in total. The number of thiophene rings is 1. The lowest BCUT2D eigenvalue weighted by atomic mass is 10.1. The Morgan fingerprint density at radius 2 is 1.95 bits per heavy atom. The van der Waals surface area contributed by atoms with Crippen LogP contribution < -0.4 is 0 Å². The van der Waals surface area contributed by atoms with Gasteiger partial charge in [-0.25, -0.2) is 8.42 Å². The fourth-order valence-electron chi connectivity index (χ4n) is 1.94. The number of sulfonamides is 1. The van der Waals surface area contributed by atoms with Gasteiger partial charge in [-0.2, -0.15) is 4.31 Å². The van der Waals surface area contributed by atoms with Crippen LogP contribution in [-0.4, -0.2) is 24.9 Å². The highest BCUT2D eigenvalue weighted by Crippen LogP contribution is 2.32. The molecule has 0 spiro atoms. The molecule has 2 rings (SSSR count). The maximum Gasteiger partial charge on any atom is 0.252 e. The molecule has 1 unspecified atom stereocenters. The van der Waals surface area contributed by atoms with Gasteiger partial charge < -0.3 is 5.11 Å². The molecular weight excluding hydrogens is 330 g/mol. The van der Waals surface area contributed by atoms with Gasteiger partial charge >= 0.3 is 0 Å². The summed E-state index contributed by atoms with van der Waals surface area (Å²) in [6, 6.07) is 9.93. The second-order valence-corrected chi connectivity index (χ2v) is 8.40. The lowest BCUT2D eigenvalue weighted by molar-refractivity contribution is 0.285.